The first kappa shape index (κ1) is 22.4. The minimum Gasteiger partial charge on any atom is -0.356 e. The third-order valence-corrected chi connectivity index (χ3v) is 7.52. The number of fused-ring (bicyclic) bond motifs is 3. The summed E-state index contributed by atoms with van der Waals surface area (Å²) >= 11 is 0. The Bertz CT molecular complexity index is 1460. The first-order chi connectivity index (χ1) is 17.5. The SMILES string of the molecule is CC(C)(C)c1ccc(Nc2ccc(C3(c4ccccc4)c4ccccc4-c4ccccc43)cc2)cc1. The first-order valence-electron chi connectivity index (χ1n) is 12.7. The van der Waals surface area contributed by atoms with Gasteiger partial charge in [-0.25, -0.2) is 0 Å². The molecule has 1 heteroatoms. The molecule has 0 radical (unpaired) electrons. The summed E-state index contributed by atoms with van der Waals surface area (Å²) in [6.07, 6.45) is 0. The standard InChI is InChI=1S/C35H31N/c1-34(2,3)25-17-21-28(22-18-25)36-29-23-19-27(20-24-29)35(26-11-5-4-6-12-26)32-15-9-7-13-30(32)31-14-8-10-16-33(31)35/h4-24,36H,1-3H3. The summed E-state index contributed by atoms with van der Waals surface area (Å²) in [5.41, 5.74) is 11.2. The lowest BCUT2D eigenvalue weighted by atomic mass is 9.68. The largest absolute Gasteiger partial charge is 0.356 e. The average molecular weight is 466 g/mol. The van der Waals surface area contributed by atoms with Crippen LogP contribution >= 0.6 is 0 Å². The molecule has 0 unspecified atom stereocenters. The smallest absolute Gasteiger partial charge is 0.0713 e. The molecule has 0 spiro atoms. The number of hydrogen-bond acceptors (Lipinski definition) is 1. The van der Waals surface area contributed by atoms with E-state index in [1.54, 1.807) is 0 Å². The number of anilines is 2. The maximum atomic E-state index is 3.59. The van der Waals surface area contributed by atoms with Crippen LogP contribution in [0.4, 0.5) is 11.4 Å². The van der Waals surface area contributed by atoms with Gasteiger partial charge < -0.3 is 5.32 Å². The molecular weight excluding hydrogens is 434 g/mol. The highest BCUT2D eigenvalue weighted by Crippen LogP contribution is 2.55. The number of rotatable bonds is 4. The van der Waals surface area contributed by atoms with Crippen molar-refractivity contribution in [1.82, 2.24) is 0 Å². The second-order valence-corrected chi connectivity index (χ2v) is 10.7. The lowest BCUT2D eigenvalue weighted by molar-refractivity contribution is 0.590. The van der Waals surface area contributed by atoms with Crippen LogP contribution in [0.2, 0.25) is 0 Å². The van der Waals surface area contributed by atoms with Crippen molar-refractivity contribution in [1.29, 1.82) is 0 Å². The van der Waals surface area contributed by atoms with Crippen molar-refractivity contribution < 1.29 is 0 Å². The molecule has 0 amide bonds. The summed E-state index contributed by atoms with van der Waals surface area (Å²) in [6.45, 7) is 6.74. The summed E-state index contributed by atoms with van der Waals surface area (Å²) in [7, 11) is 0. The summed E-state index contributed by atoms with van der Waals surface area (Å²) < 4.78 is 0. The van der Waals surface area contributed by atoms with Crippen LogP contribution in [0.1, 0.15) is 48.6 Å². The van der Waals surface area contributed by atoms with Gasteiger partial charge in [0, 0.05) is 11.4 Å². The summed E-state index contributed by atoms with van der Waals surface area (Å²) in [5.74, 6) is 0. The third-order valence-electron chi connectivity index (χ3n) is 7.52. The van der Waals surface area contributed by atoms with Crippen LogP contribution in [0, 0.1) is 0 Å². The minimum absolute atomic E-state index is 0.153. The molecule has 0 saturated heterocycles. The molecule has 0 bridgehead atoms. The molecule has 1 aliphatic rings. The Morgan fingerprint density at radius 3 is 1.44 bits per heavy atom. The van der Waals surface area contributed by atoms with E-state index in [0.29, 0.717) is 0 Å². The quantitative estimate of drug-likeness (QED) is 0.274. The fourth-order valence-electron chi connectivity index (χ4n) is 5.74. The van der Waals surface area contributed by atoms with Gasteiger partial charge in [0.25, 0.3) is 0 Å². The van der Waals surface area contributed by atoms with E-state index in [0.717, 1.165) is 11.4 Å². The zero-order chi connectivity index (χ0) is 24.8. The highest BCUT2D eigenvalue weighted by Gasteiger charge is 2.45. The average Bonchev–Trinajstić information content (AvgIpc) is 3.21. The second-order valence-electron chi connectivity index (χ2n) is 10.7. The summed E-state index contributed by atoms with van der Waals surface area (Å²) in [5, 5.41) is 3.59. The molecule has 0 heterocycles. The van der Waals surface area contributed by atoms with Gasteiger partial charge in [-0.15, -0.1) is 0 Å². The predicted octanol–water partition coefficient (Wildman–Crippen LogP) is 9.09. The van der Waals surface area contributed by atoms with Crippen molar-refractivity contribution in [3.8, 4) is 11.1 Å². The summed E-state index contributed by atoms with van der Waals surface area (Å²) in [4.78, 5) is 0. The fourth-order valence-corrected chi connectivity index (χ4v) is 5.74. The zero-order valence-corrected chi connectivity index (χ0v) is 21.1. The van der Waals surface area contributed by atoms with Gasteiger partial charge in [-0.05, 0) is 68.6 Å². The molecule has 5 aromatic rings. The molecule has 6 rings (SSSR count). The van der Waals surface area contributed by atoms with Gasteiger partial charge in [0.05, 0.1) is 5.41 Å². The maximum Gasteiger partial charge on any atom is 0.0713 e. The van der Waals surface area contributed by atoms with E-state index in [1.165, 1.54) is 38.9 Å². The highest BCUT2D eigenvalue weighted by atomic mass is 14.9. The van der Waals surface area contributed by atoms with E-state index < -0.39 is 0 Å². The summed E-state index contributed by atoms with van der Waals surface area (Å²) in [6, 6.07) is 46.4. The molecule has 0 fully saturated rings. The minimum atomic E-state index is -0.346. The van der Waals surface area contributed by atoms with Crippen molar-refractivity contribution >= 4 is 11.4 Å². The predicted molar refractivity (Wildman–Crippen MR) is 152 cm³/mol. The van der Waals surface area contributed by atoms with E-state index in [-0.39, 0.29) is 10.8 Å². The molecule has 1 N–H and O–H groups in total. The Balaban J connectivity index is 1.45. The third kappa shape index (κ3) is 3.55. The molecule has 0 saturated carbocycles. The van der Waals surface area contributed by atoms with Gasteiger partial charge in [-0.3, -0.25) is 0 Å². The maximum absolute atomic E-state index is 3.59. The normalized spacial score (nSPS) is 13.6. The van der Waals surface area contributed by atoms with E-state index in [1.807, 2.05) is 0 Å². The molecule has 0 atom stereocenters. The van der Waals surface area contributed by atoms with Crippen molar-refractivity contribution in [2.24, 2.45) is 0 Å². The zero-order valence-electron chi connectivity index (χ0n) is 21.1. The molecule has 5 aromatic carbocycles. The molecule has 176 valence electrons. The Hall–Kier alpha value is -4.10. The molecule has 1 nitrogen and oxygen atoms in total. The van der Waals surface area contributed by atoms with Gasteiger partial charge in [0.1, 0.15) is 0 Å². The van der Waals surface area contributed by atoms with Crippen molar-refractivity contribution in [3.63, 3.8) is 0 Å². The Morgan fingerprint density at radius 2 is 0.917 bits per heavy atom. The fraction of sp³-hybridized carbons (Fsp3) is 0.143. The molecule has 0 aliphatic heterocycles. The van der Waals surface area contributed by atoms with Crippen LogP contribution in [0.3, 0.4) is 0 Å². The van der Waals surface area contributed by atoms with E-state index in [4.69, 9.17) is 0 Å². The molecular formula is C35H31N. The number of benzene rings is 5. The van der Waals surface area contributed by atoms with Crippen LogP contribution < -0.4 is 5.32 Å². The van der Waals surface area contributed by atoms with Crippen molar-refractivity contribution in [2.75, 3.05) is 5.32 Å². The molecule has 1 aliphatic carbocycles. The highest BCUT2D eigenvalue weighted by molar-refractivity contribution is 5.86. The monoisotopic (exact) mass is 465 g/mol. The van der Waals surface area contributed by atoms with Crippen LogP contribution in [0.15, 0.2) is 127 Å². The van der Waals surface area contributed by atoms with Crippen LogP contribution in [0.25, 0.3) is 11.1 Å². The van der Waals surface area contributed by atoms with Gasteiger partial charge >= 0.3 is 0 Å². The number of nitrogens with one attached hydrogen (secondary N) is 1. The van der Waals surface area contributed by atoms with E-state index in [2.05, 4.69) is 153 Å². The lowest BCUT2D eigenvalue weighted by Gasteiger charge is -2.34. The van der Waals surface area contributed by atoms with Gasteiger partial charge in [-0.1, -0.05) is 124 Å². The van der Waals surface area contributed by atoms with E-state index >= 15 is 0 Å². The van der Waals surface area contributed by atoms with Gasteiger partial charge in [-0.2, -0.15) is 0 Å². The lowest BCUT2D eigenvalue weighted by Crippen LogP contribution is -2.28. The molecule has 0 aromatic heterocycles. The Labute approximate surface area is 214 Å². The van der Waals surface area contributed by atoms with Crippen molar-refractivity contribution in [3.05, 3.63) is 155 Å². The second kappa shape index (κ2) is 8.53. The van der Waals surface area contributed by atoms with Crippen LogP contribution in [-0.2, 0) is 10.8 Å². The Morgan fingerprint density at radius 1 is 0.472 bits per heavy atom. The first-order valence-corrected chi connectivity index (χ1v) is 12.7. The van der Waals surface area contributed by atoms with Gasteiger partial charge in [0.2, 0.25) is 0 Å². The van der Waals surface area contributed by atoms with E-state index in [9.17, 15) is 0 Å². The number of hydrogen-bond donors (Lipinski definition) is 1. The topological polar surface area (TPSA) is 12.0 Å². The van der Waals surface area contributed by atoms with Crippen LogP contribution in [0.5, 0.6) is 0 Å². The van der Waals surface area contributed by atoms with Crippen molar-refractivity contribution in [2.45, 2.75) is 31.6 Å². The Kier molecular flexibility index (Phi) is 5.30. The van der Waals surface area contributed by atoms with Gasteiger partial charge in [0.15, 0.2) is 0 Å². The molecule has 36 heavy (non-hydrogen) atoms. The van der Waals surface area contributed by atoms with Crippen LogP contribution in [-0.4, -0.2) is 0 Å².